The molecule has 642 valence electrons. The second kappa shape index (κ2) is 33.7. The number of rotatable bonds is 15. The molecule has 0 aliphatic heterocycles. The van der Waals surface area contributed by atoms with Crippen LogP contribution >= 0.6 is 0 Å². The predicted octanol–water partition coefficient (Wildman–Crippen LogP) is 31.6. The van der Waals surface area contributed by atoms with E-state index in [4.69, 9.17) is 0 Å². The highest BCUT2D eigenvalue weighted by Gasteiger charge is 2.52. The van der Waals surface area contributed by atoms with Crippen LogP contribution in [0.3, 0.4) is 0 Å². The van der Waals surface area contributed by atoms with Crippen LogP contribution in [0.2, 0.25) is 0 Å². The van der Waals surface area contributed by atoms with E-state index in [0.717, 1.165) is 156 Å². The van der Waals surface area contributed by atoms with Gasteiger partial charge in [-0.25, -0.2) is 0 Å². The third-order valence-corrected chi connectivity index (χ3v) is 28.1. The summed E-state index contributed by atoms with van der Waals surface area (Å²) in [7, 11) is 0. The largest absolute Gasteiger partial charge is 0.309 e. The minimum absolute atomic E-state index is 0.119. The molecule has 14 aromatic carbocycles. The first-order valence-electron chi connectivity index (χ1n) is 46.5. The fourth-order valence-electron chi connectivity index (χ4n) is 21.4. The van der Waals surface area contributed by atoms with Crippen molar-refractivity contribution in [1.82, 2.24) is 44.4 Å². The van der Waals surface area contributed by atoms with Crippen molar-refractivity contribution in [1.29, 1.82) is 0 Å². The highest BCUT2D eigenvalue weighted by atomic mass is 15.0. The van der Waals surface area contributed by atoms with Gasteiger partial charge in [0.2, 0.25) is 0 Å². The zero-order valence-corrected chi connectivity index (χ0v) is 75.1. The Morgan fingerprint density at radius 1 is 0.161 bits per heavy atom. The molecule has 9 heteroatoms. The molecule has 0 saturated carbocycles. The maximum absolute atomic E-state index is 4.67. The lowest BCUT2D eigenvalue weighted by atomic mass is 9.70. The Morgan fingerprint density at radius 3 is 0.796 bits per heavy atom. The monoisotopic (exact) mass is 1750 g/mol. The third kappa shape index (κ3) is 14.4. The van der Waals surface area contributed by atoms with Crippen LogP contribution in [0, 0.1) is 0 Å². The summed E-state index contributed by atoms with van der Waals surface area (Å²) in [5, 5.41) is 2.47. The molecule has 0 bridgehead atoms. The van der Waals surface area contributed by atoms with Gasteiger partial charge in [0.15, 0.2) is 0 Å². The summed E-state index contributed by atoms with van der Waals surface area (Å²) >= 11 is 0. The Kier molecular flexibility index (Phi) is 20.0. The number of hydrogen-bond acceptors (Lipinski definition) is 8. The van der Waals surface area contributed by atoms with E-state index in [-0.39, 0.29) is 5.41 Å². The van der Waals surface area contributed by atoms with Crippen LogP contribution in [-0.2, 0) is 10.8 Å². The highest BCUT2D eigenvalue weighted by Crippen LogP contribution is 2.64. The van der Waals surface area contributed by atoms with Crippen molar-refractivity contribution in [3.05, 3.63) is 515 Å². The van der Waals surface area contributed by atoms with Crippen LogP contribution in [-0.4, -0.2) is 44.4 Å². The van der Waals surface area contributed by atoms with E-state index in [1.54, 1.807) is 24.8 Å². The van der Waals surface area contributed by atoms with Gasteiger partial charge < -0.3 is 4.57 Å². The van der Waals surface area contributed by atoms with Crippen molar-refractivity contribution in [3.8, 4) is 195 Å². The van der Waals surface area contributed by atoms with E-state index >= 15 is 0 Å². The van der Waals surface area contributed by atoms with Crippen molar-refractivity contribution < 1.29 is 0 Å². The summed E-state index contributed by atoms with van der Waals surface area (Å²) in [6, 6.07) is 140. The maximum atomic E-state index is 4.67. The summed E-state index contributed by atoms with van der Waals surface area (Å²) in [5.74, 6) is 0. The zero-order chi connectivity index (χ0) is 91.1. The third-order valence-electron chi connectivity index (χ3n) is 28.1. The average molecular weight is 1750 g/mol. The Hall–Kier alpha value is -17.9. The van der Waals surface area contributed by atoms with E-state index in [1.807, 2.05) is 98.6 Å². The van der Waals surface area contributed by atoms with E-state index in [2.05, 4.69) is 416 Å². The van der Waals surface area contributed by atoms with E-state index in [0.29, 0.717) is 0 Å². The minimum atomic E-state index is -0.436. The summed E-state index contributed by atoms with van der Waals surface area (Å²) < 4.78 is 2.45. The normalized spacial score (nSPS) is 12.6. The van der Waals surface area contributed by atoms with Crippen LogP contribution in [0.25, 0.3) is 217 Å². The molecule has 26 rings (SSSR count). The van der Waals surface area contributed by atoms with Gasteiger partial charge in [-0.15, -0.1) is 0 Å². The van der Waals surface area contributed by atoms with Crippen molar-refractivity contribution in [2.24, 2.45) is 0 Å². The molecule has 9 aromatic heterocycles. The second-order valence-corrected chi connectivity index (χ2v) is 36.4. The van der Waals surface area contributed by atoms with Crippen molar-refractivity contribution in [2.75, 3.05) is 0 Å². The molecule has 0 fully saturated rings. The topological polar surface area (TPSA) is 108 Å². The van der Waals surface area contributed by atoms with Gasteiger partial charge in [0.05, 0.1) is 16.4 Å². The van der Waals surface area contributed by atoms with Crippen molar-refractivity contribution >= 4 is 21.8 Å². The molecule has 0 saturated heterocycles. The molecular formula is C128H85N9. The maximum Gasteiger partial charge on any atom is 0.0725 e. The number of aromatic nitrogens is 9. The van der Waals surface area contributed by atoms with Crippen LogP contribution in [0.5, 0.6) is 0 Å². The molecule has 0 atom stereocenters. The zero-order valence-electron chi connectivity index (χ0n) is 75.1. The quantitative estimate of drug-likeness (QED) is 0.0999. The van der Waals surface area contributed by atoms with Crippen LogP contribution in [0.4, 0.5) is 0 Å². The molecule has 137 heavy (non-hydrogen) atoms. The number of pyridine rings is 8. The summed E-state index contributed by atoms with van der Waals surface area (Å²) in [6.45, 7) is 4.72. The van der Waals surface area contributed by atoms with E-state index in [9.17, 15) is 0 Å². The van der Waals surface area contributed by atoms with E-state index in [1.165, 1.54) is 94.1 Å². The minimum Gasteiger partial charge on any atom is -0.309 e. The Labute approximate surface area is 795 Å². The van der Waals surface area contributed by atoms with Crippen LogP contribution < -0.4 is 0 Å². The first-order valence-corrected chi connectivity index (χ1v) is 46.5. The molecule has 9 heterocycles. The molecular weight excluding hydrogens is 1660 g/mol. The number of para-hydroxylation sites is 1. The molecule has 3 aliphatic rings. The Balaban J connectivity index is 0.000000146. The van der Waals surface area contributed by atoms with Gasteiger partial charge in [-0.3, -0.25) is 39.9 Å². The first-order chi connectivity index (χ1) is 67.6. The van der Waals surface area contributed by atoms with Crippen LogP contribution in [0.1, 0.15) is 47.2 Å². The predicted molar refractivity (Wildman–Crippen MR) is 560 cm³/mol. The van der Waals surface area contributed by atoms with Gasteiger partial charge in [-0.2, -0.15) is 0 Å². The summed E-state index contributed by atoms with van der Waals surface area (Å²) in [6.07, 6.45) is 30.1. The fourth-order valence-corrected chi connectivity index (χ4v) is 21.4. The second-order valence-electron chi connectivity index (χ2n) is 36.4. The molecule has 3 aliphatic carbocycles. The van der Waals surface area contributed by atoms with Crippen molar-refractivity contribution in [2.45, 2.75) is 24.7 Å². The molecule has 0 radical (unpaired) electrons. The molecule has 23 aromatic rings. The molecule has 1 spiro atoms. The molecule has 0 unspecified atom stereocenters. The van der Waals surface area contributed by atoms with Gasteiger partial charge in [-0.05, 0) is 307 Å². The summed E-state index contributed by atoms with van der Waals surface area (Å²) in [5.41, 5.74) is 49.4. The smallest absolute Gasteiger partial charge is 0.0725 e. The Morgan fingerprint density at radius 2 is 0.431 bits per heavy atom. The van der Waals surface area contributed by atoms with Gasteiger partial charge in [0.25, 0.3) is 0 Å². The molecule has 0 N–H and O–H groups in total. The van der Waals surface area contributed by atoms with Gasteiger partial charge >= 0.3 is 0 Å². The lowest BCUT2D eigenvalue weighted by Gasteiger charge is -2.30. The van der Waals surface area contributed by atoms with Gasteiger partial charge in [0.1, 0.15) is 0 Å². The number of hydrogen-bond donors (Lipinski definition) is 0. The lowest BCUT2D eigenvalue weighted by Crippen LogP contribution is -2.25. The van der Waals surface area contributed by atoms with Gasteiger partial charge in [0, 0.05) is 188 Å². The standard InChI is InChI=1S/C65H45N5.C63H40N4/c1-65(2)61-21-7-6-20-57(61)58-34-60-59-33-46(22-23-63(59)70(64(60)35-62(58)65)56-18-4-3-5-19-56)51-29-49(42-12-8-14-44(26-42)52-31-54(40-68-38-52)47-16-10-24-66-36-47)28-50(30-51)43-13-9-15-45(27-43)53-32-55(41-69-39-53)48-17-11-25-67-37-48;1-4-20-59-55(17-1)56-18-2-5-21-60(56)63(59)61-22-6-3-19-57(61)58-24-23-45(34-62(58)63)50-30-48(41-11-7-13-43(27-41)51-32-53(39-66-37-51)46-15-9-25-64-35-46)29-49(31-50)42-12-8-14-44(28-42)52-33-54(40-67-38-52)47-16-10-26-65-36-47/h3-41H,1-2H3;1-40H. The lowest BCUT2D eigenvalue weighted by molar-refractivity contribution is 0.661. The van der Waals surface area contributed by atoms with Crippen molar-refractivity contribution in [3.63, 3.8) is 0 Å². The molecule has 9 nitrogen and oxygen atoms in total. The number of benzene rings is 14. The summed E-state index contributed by atoms with van der Waals surface area (Å²) in [4.78, 5) is 36.1. The molecule has 0 amide bonds. The number of fused-ring (bicyclic) bond motifs is 16. The van der Waals surface area contributed by atoms with Crippen LogP contribution in [0.15, 0.2) is 481 Å². The fraction of sp³-hybridized carbons (Fsp3) is 0.0312. The number of nitrogens with zero attached hydrogens (tertiary/aromatic N) is 9. The average Bonchev–Trinajstić information content (AvgIpc) is 1.50. The Bertz CT molecular complexity index is 8330. The SMILES string of the molecule is CC1(C)c2ccccc2-c2cc3c4cc(-c5cc(-c6cccc(-c7cncc(-c8cccnc8)c7)c6)cc(-c6cccc(-c7cncc(-c8cccnc8)c7)c6)c5)ccc4n(-c4ccccc4)c3cc21.c1cncc(-c2cncc(-c3cccc(-c4cc(-c5cccc(-c6cncc(-c7cccnc7)c6)c5)cc(-c5ccc6c(c5)C5(c7ccccc7-c7ccccc75)c5ccccc5-6)c4)c3)c2)c1. The highest BCUT2D eigenvalue weighted by molar-refractivity contribution is 6.13. The van der Waals surface area contributed by atoms with E-state index < -0.39 is 5.41 Å². The first kappa shape index (κ1) is 81.1. The van der Waals surface area contributed by atoms with Gasteiger partial charge in [-0.1, -0.05) is 244 Å².